The van der Waals surface area contributed by atoms with Crippen LogP contribution in [0, 0.1) is 0 Å². The van der Waals surface area contributed by atoms with Gasteiger partial charge in [0.25, 0.3) is 0 Å². The molecule has 0 unspecified atom stereocenters. The molecule has 0 aliphatic carbocycles. The zero-order valence-electron chi connectivity index (χ0n) is 17.0. The highest BCUT2D eigenvalue weighted by atomic mass is 16.5. The van der Waals surface area contributed by atoms with Crippen molar-refractivity contribution in [2.24, 2.45) is 0 Å². The van der Waals surface area contributed by atoms with Gasteiger partial charge in [-0.15, -0.1) is 0 Å². The highest BCUT2D eigenvalue weighted by Gasteiger charge is 2.13. The van der Waals surface area contributed by atoms with Crippen LogP contribution in [0.4, 0.5) is 22.0 Å². The minimum Gasteiger partial charge on any atom is -0.496 e. The summed E-state index contributed by atoms with van der Waals surface area (Å²) in [5.41, 5.74) is 2.91. The predicted molar refractivity (Wildman–Crippen MR) is 116 cm³/mol. The number of rotatable bonds is 5. The van der Waals surface area contributed by atoms with Crippen molar-refractivity contribution in [2.75, 3.05) is 17.7 Å². The van der Waals surface area contributed by atoms with E-state index in [1.807, 2.05) is 75.4 Å². The Bertz CT molecular complexity index is 981. The fraction of sp³-hybridized carbons (Fsp3) is 0.227. The lowest BCUT2D eigenvalue weighted by Crippen LogP contribution is -2.43. The SMILES string of the molecule is COc1ccccc1-c1cc(Nc2ccc(NC(=O)NC(C)(C)C)cc2)ncn1. The second-order valence-electron chi connectivity index (χ2n) is 7.52. The zero-order chi connectivity index (χ0) is 20.9. The van der Waals surface area contributed by atoms with Crippen molar-refractivity contribution >= 4 is 23.2 Å². The second kappa shape index (κ2) is 8.60. The van der Waals surface area contributed by atoms with Gasteiger partial charge in [0.05, 0.1) is 12.8 Å². The van der Waals surface area contributed by atoms with E-state index >= 15 is 0 Å². The van der Waals surface area contributed by atoms with E-state index < -0.39 is 0 Å². The van der Waals surface area contributed by atoms with Crippen LogP contribution in [0.15, 0.2) is 60.9 Å². The Labute approximate surface area is 170 Å². The van der Waals surface area contributed by atoms with Crippen LogP contribution >= 0.6 is 0 Å². The van der Waals surface area contributed by atoms with Crippen LogP contribution in [0.5, 0.6) is 5.75 Å². The number of carbonyl (C=O) groups excluding carboxylic acids is 1. The average Bonchev–Trinajstić information content (AvgIpc) is 2.68. The Morgan fingerprint density at radius 1 is 0.966 bits per heavy atom. The molecule has 0 radical (unpaired) electrons. The highest BCUT2D eigenvalue weighted by Crippen LogP contribution is 2.29. The Morgan fingerprint density at radius 2 is 1.66 bits per heavy atom. The molecule has 0 aliphatic heterocycles. The molecule has 1 aromatic heterocycles. The molecular formula is C22H25N5O2. The molecule has 1 heterocycles. The van der Waals surface area contributed by atoms with Crippen molar-refractivity contribution in [2.45, 2.75) is 26.3 Å². The van der Waals surface area contributed by atoms with E-state index in [1.165, 1.54) is 6.33 Å². The fourth-order valence-corrected chi connectivity index (χ4v) is 2.72. The fourth-order valence-electron chi connectivity index (χ4n) is 2.72. The third-order valence-electron chi connectivity index (χ3n) is 3.95. The first-order chi connectivity index (χ1) is 13.8. The van der Waals surface area contributed by atoms with Gasteiger partial charge in [0.2, 0.25) is 0 Å². The van der Waals surface area contributed by atoms with Crippen molar-refractivity contribution in [3.63, 3.8) is 0 Å². The summed E-state index contributed by atoms with van der Waals surface area (Å²) in [6, 6.07) is 16.7. The summed E-state index contributed by atoms with van der Waals surface area (Å²) < 4.78 is 5.41. The third-order valence-corrected chi connectivity index (χ3v) is 3.95. The minimum absolute atomic E-state index is 0.240. The van der Waals surface area contributed by atoms with Crippen molar-refractivity contribution in [1.29, 1.82) is 0 Å². The molecule has 7 nitrogen and oxygen atoms in total. The predicted octanol–water partition coefficient (Wildman–Crippen LogP) is 4.82. The van der Waals surface area contributed by atoms with Crippen molar-refractivity contribution < 1.29 is 9.53 Å². The highest BCUT2D eigenvalue weighted by molar-refractivity contribution is 5.90. The third kappa shape index (κ3) is 5.68. The largest absolute Gasteiger partial charge is 0.496 e. The number of aromatic nitrogens is 2. The number of nitrogens with one attached hydrogen (secondary N) is 3. The second-order valence-corrected chi connectivity index (χ2v) is 7.52. The molecular weight excluding hydrogens is 366 g/mol. The summed E-state index contributed by atoms with van der Waals surface area (Å²) in [5, 5.41) is 8.93. The van der Waals surface area contributed by atoms with E-state index in [0.717, 1.165) is 22.7 Å². The van der Waals surface area contributed by atoms with Gasteiger partial charge < -0.3 is 20.7 Å². The Kier molecular flexibility index (Phi) is 5.97. The summed E-state index contributed by atoms with van der Waals surface area (Å²) in [5.74, 6) is 1.41. The first-order valence-electron chi connectivity index (χ1n) is 9.26. The molecule has 2 amide bonds. The van der Waals surface area contributed by atoms with E-state index in [2.05, 4.69) is 25.9 Å². The van der Waals surface area contributed by atoms with Gasteiger partial charge in [-0.3, -0.25) is 0 Å². The summed E-state index contributed by atoms with van der Waals surface area (Å²) in [4.78, 5) is 20.6. The smallest absolute Gasteiger partial charge is 0.319 e. The monoisotopic (exact) mass is 391 g/mol. The molecule has 0 spiro atoms. The van der Waals surface area contributed by atoms with Crippen molar-refractivity contribution in [3.05, 3.63) is 60.9 Å². The van der Waals surface area contributed by atoms with E-state index in [-0.39, 0.29) is 11.6 Å². The molecule has 3 rings (SSSR count). The number of ether oxygens (including phenoxy) is 1. The molecule has 0 saturated heterocycles. The number of hydrogen-bond donors (Lipinski definition) is 3. The maximum absolute atomic E-state index is 12.0. The van der Waals surface area contributed by atoms with Gasteiger partial charge in [0.15, 0.2) is 0 Å². The first kappa shape index (κ1) is 20.1. The lowest BCUT2D eigenvalue weighted by molar-refractivity contribution is 0.244. The number of benzene rings is 2. The lowest BCUT2D eigenvalue weighted by Gasteiger charge is -2.20. The molecule has 2 aromatic carbocycles. The standard InChI is InChI=1S/C22H25N5O2/c1-22(2,3)27-21(28)26-16-11-9-15(10-12-16)25-20-13-18(23-14-24-20)17-7-5-6-8-19(17)29-4/h5-14H,1-4H3,(H,23,24,25)(H2,26,27,28). The van der Waals surface area contributed by atoms with Crippen LogP contribution in [0.25, 0.3) is 11.3 Å². The molecule has 0 bridgehead atoms. The van der Waals surface area contributed by atoms with Gasteiger partial charge in [-0.1, -0.05) is 12.1 Å². The van der Waals surface area contributed by atoms with Crippen LogP contribution in [-0.2, 0) is 0 Å². The lowest BCUT2D eigenvalue weighted by atomic mass is 10.1. The number of methoxy groups -OCH3 is 1. The van der Waals surface area contributed by atoms with Gasteiger partial charge in [0, 0.05) is 28.5 Å². The van der Waals surface area contributed by atoms with Gasteiger partial charge in [-0.2, -0.15) is 0 Å². The Hall–Kier alpha value is -3.61. The molecule has 0 saturated carbocycles. The maximum Gasteiger partial charge on any atom is 0.319 e. The van der Waals surface area contributed by atoms with Crippen LogP contribution < -0.4 is 20.7 Å². The summed E-state index contributed by atoms with van der Waals surface area (Å²) in [7, 11) is 1.64. The number of hydrogen-bond acceptors (Lipinski definition) is 5. The molecule has 0 atom stereocenters. The normalized spacial score (nSPS) is 10.9. The molecule has 0 aliphatic rings. The van der Waals surface area contributed by atoms with Crippen molar-refractivity contribution in [3.8, 4) is 17.0 Å². The zero-order valence-corrected chi connectivity index (χ0v) is 17.0. The number of carbonyl (C=O) groups is 1. The van der Waals surface area contributed by atoms with Gasteiger partial charge in [0.1, 0.15) is 17.9 Å². The van der Waals surface area contributed by atoms with Gasteiger partial charge in [-0.25, -0.2) is 14.8 Å². The van der Waals surface area contributed by atoms with Crippen LogP contribution in [0.2, 0.25) is 0 Å². The van der Waals surface area contributed by atoms with E-state index in [0.29, 0.717) is 11.5 Å². The van der Waals surface area contributed by atoms with E-state index in [4.69, 9.17) is 4.74 Å². The number of nitrogens with zero attached hydrogens (tertiary/aromatic N) is 2. The average molecular weight is 391 g/mol. The maximum atomic E-state index is 12.0. The summed E-state index contributed by atoms with van der Waals surface area (Å²) in [6.07, 6.45) is 1.51. The van der Waals surface area contributed by atoms with Crippen molar-refractivity contribution in [1.82, 2.24) is 15.3 Å². The molecule has 3 N–H and O–H groups in total. The topological polar surface area (TPSA) is 88.2 Å². The Balaban J connectivity index is 1.70. The molecule has 3 aromatic rings. The molecule has 0 fully saturated rings. The number of para-hydroxylation sites is 1. The van der Waals surface area contributed by atoms with Gasteiger partial charge in [-0.05, 0) is 57.2 Å². The molecule has 29 heavy (non-hydrogen) atoms. The first-order valence-corrected chi connectivity index (χ1v) is 9.26. The quantitative estimate of drug-likeness (QED) is 0.580. The summed E-state index contributed by atoms with van der Waals surface area (Å²) in [6.45, 7) is 5.79. The number of amides is 2. The van der Waals surface area contributed by atoms with Crippen LogP contribution in [0.1, 0.15) is 20.8 Å². The minimum atomic E-state index is -0.294. The Morgan fingerprint density at radius 3 is 2.34 bits per heavy atom. The number of anilines is 3. The van der Waals surface area contributed by atoms with E-state index in [9.17, 15) is 4.79 Å². The van der Waals surface area contributed by atoms with Crippen LogP contribution in [0.3, 0.4) is 0 Å². The summed E-state index contributed by atoms with van der Waals surface area (Å²) >= 11 is 0. The van der Waals surface area contributed by atoms with Gasteiger partial charge >= 0.3 is 6.03 Å². The molecule has 150 valence electrons. The van der Waals surface area contributed by atoms with E-state index in [1.54, 1.807) is 7.11 Å². The molecule has 7 heteroatoms. The van der Waals surface area contributed by atoms with Crippen LogP contribution in [-0.4, -0.2) is 28.6 Å². The number of urea groups is 1.